The molecule has 1 saturated carbocycles. The Morgan fingerprint density at radius 1 is 1.24 bits per heavy atom. The predicted molar refractivity (Wildman–Crippen MR) is 124 cm³/mol. The second-order valence-electron chi connectivity index (χ2n) is 11.2. The summed E-state index contributed by atoms with van der Waals surface area (Å²) in [7, 11) is -0.482. The molecule has 1 aliphatic carbocycles. The number of hydrogen-bond acceptors (Lipinski definition) is 6. The lowest BCUT2D eigenvalue weighted by molar-refractivity contribution is 0.00571. The number of rotatable bonds is 2. The number of carbonyl (C=O) groups is 2. The molecule has 3 heterocycles. The van der Waals surface area contributed by atoms with Crippen molar-refractivity contribution in [3.05, 3.63) is 24.0 Å². The van der Waals surface area contributed by atoms with Gasteiger partial charge in [0.05, 0.1) is 29.3 Å². The summed E-state index contributed by atoms with van der Waals surface area (Å²) in [5.41, 5.74) is 1.32. The van der Waals surface area contributed by atoms with Crippen LogP contribution in [0.2, 0.25) is 0 Å². The van der Waals surface area contributed by atoms with Gasteiger partial charge in [0.1, 0.15) is 11.4 Å². The number of likely N-dealkylation sites (tertiary alicyclic amines) is 1. The molecule has 2 aromatic rings. The van der Waals surface area contributed by atoms with Crippen molar-refractivity contribution in [1.29, 1.82) is 0 Å². The summed E-state index contributed by atoms with van der Waals surface area (Å²) in [4.78, 5) is 32.7. The lowest BCUT2D eigenvalue weighted by Gasteiger charge is -2.36. The molecule has 0 spiro atoms. The first-order chi connectivity index (χ1) is 15.4. The van der Waals surface area contributed by atoms with Gasteiger partial charge >= 0.3 is 13.2 Å². The quantitative estimate of drug-likeness (QED) is 0.646. The molecular weight excluding hydrogens is 421 g/mol. The second kappa shape index (κ2) is 7.57. The third-order valence-corrected chi connectivity index (χ3v) is 6.75. The third-order valence-electron chi connectivity index (χ3n) is 6.75. The van der Waals surface area contributed by atoms with E-state index >= 15 is 0 Å². The zero-order valence-electron chi connectivity index (χ0n) is 20.3. The number of benzene rings is 1. The predicted octanol–water partition coefficient (Wildman–Crippen LogP) is 3.68. The van der Waals surface area contributed by atoms with E-state index in [1.54, 1.807) is 4.57 Å². The van der Waals surface area contributed by atoms with Gasteiger partial charge in [-0.25, -0.2) is 9.78 Å². The van der Waals surface area contributed by atoms with Gasteiger partial charge in [-0.1, -0.05) is 6.07 Å². The Morgan fingerprint density at radius 3 is 2.64 bits per heavy atom. The summed E-state index contributed by atoms with van der Waals surface area (Å²) in [6.45, 7) is 11.6. The first-order valence-electron chi connectivity index (χ1n) is 11.8. The van der Waals surface area contributed by atoms with Gasteiger partial charge in [0.25, 0.3) is 0 Å². The molecule has 2 bridgehead atoms. The van der Waals surface area contributed by atoms with E-state index in [-0.39, 0.29) is 35.6 Å². The van der Waals surface area contributed by atoms with Gasteiger partial charge in [-0.2, -0.15) is 0 Å². The summed E-state index contributed by atoms with van der Waals surface area (Å²) >= 11 is 0. The van der Waals surface area contributed by atoms with Crippen LogP contribution < -0.4 is 5.46 Å². The maximum absolute atomic E-state index is 13.2. The summed E-state index contributed by atoms with van der Waals surface area (Å²) in [5, 5.41) is 0. The Hall–Kier alpha value is -2.39. The van der Waals surface area contributed by atoms with Crippen LogP contribution in [0.3, 0.4) is 0 Å². The molecule has 0 N–H and O–H groups in total. The third kappa shape index (κ3) is 3.95. The Morgan fingerprint density at radius 2 is 2.00 bits per heavy atom. The summed E-state index contributed by atoms with van der Waals surface area (Å²) in [6, 6.07) is 5.59. The molecule has 1 aromatic carbocycles. The molecule has 2 saturated heterocycles. The number of aromatic nitrogens is 2. The average molecular weight is 453 g/mol. The molecule has 1 aromatic heterocycles. The van der Waals surface area contributed by atoms with Gasteiger partial charge in [-0.05, 0) is 77.4 Å². The topological polar surface area (TPSA) is 82.9 Å². The maximum Gasteiger partial charge on any atom is 0.494 e. The zero-order valence-corrected chi connectivity index (χ0v) is 20.3. The molecule has 3 atom stereocenters. The zero-order chi connectivity index (χ0) is 23.7. The fourth-order valence-corrected chi connectivity index (χ4v) is 5.48. The van der Waals surface area contributed by atoms with Crippen LogP contribution in [0.1, 0.15) is 77.5 Å². The number of ether oxygens (including phenoxy) is 1. The van der Waals surface area contributed by atoms with Gasteiger partial charge in [-0.15, -0.1) is 0 Å². The van der Waals surface area contributed by atoms with Crippen LogP contribution in [0.15, 0.2) is 18.2 Å². The molecule has 0 radical (unpaired) electrons. The molecule has 2 aliphatic heterocycles. The van der Waals surface area contributed by atoms with Crippen molar-refractivity contribution in [2.24, 2.45) is 5.92 Å². The van der Waals surface area contributed by atoms with Gasteiger partial charge in [-0.3, -0.25) is 14.3 Å². The summed E-state index contributed by atoms with van der Waals surface area (Å²) < 4.78 is 19.3. The van der Waals surface area contributed by atoms with Crippen LogP contribution >= 0.6 is 0 Å². The summed E-state index contributed by atoms with van der Waals surface area (Å²) in [6.07, 6.45) is 2.55. The molecule has 9 heteroatoms. The fraction of sp³-hybridized carbons (Fsp3) is 0.625. The molecule has 1 amide bonds. The van der Waals surface area contributed by atoms with Gasteiger partial charge < -0.3 is 14.0 Å². The Labute approximate surface area is 194 Å². The van der Waals surface area contributed by atoms with E-state index in [2.05, 4.69) is 0 Å². The van der Waals surface area contributed by atoms with Crippen molar-refractivity contribution < 1.29 is 23.6 Å². The highest BCUT2D eigenvalue weighted by Gasteiger charge is 2.52. The van der Waals surface area contributed by atoms with Crippen molar-refractivity contribution in [3.63, 3.8) is 0 Å². The molecule has 33 heavy (non-hydrogen) atoms. The van der Waals surface area contributed by atoms with Crippen LogP contribution in [0.25, 0.3) is 11.0 Å². The standard InChI is InChI=1S/C24H32BN3O5/c1-14(29)27-19-12-16(25-31-13-24(5,6)33-25)8-10-18(19)26-21(27)20-15-7-9-17(11-15)28(20)22(30)32-23(2,3)4/h8,10,12,15,17,20H,7,9,11,13H2,1-6H3/t15-,17+,20-/m0/s1. The average Bonchev–Trinajstić information content (AvgIpc) is 3.46. The van der Waals surface area contributed by atoms with Crippen molar-refractivity contribution in [2.45, 2.75) is 84.1 Å². The van der Waals surface area contributed by atoms with Crippen LogP contribution in [0.4, 0.5) is 4.79 Å². The van der Waals surface area contributed by atoms with Gasteiger partial charge in [0.2, 0.25) is 5.91 Å². The number of amides is 1. The first-order valence-corrected chi connectivity index (χ1v) is 11.8. The van der Waals surface area contributed by atoms with E-state index in [0.29, 0.717) is 23.5 Å². The minimum atomic E-state index is -0.589. The van der Waals surface area contributed by atoms with E-state index in [1.165, 1.54) is 6.92 Å². The smallest absolute Gasteiger partial charge is 0.444 e. The highest BCUT2D eigenvalue weighted by molar-refractivity contribution is 6.62. The van der Waals surface area contributed by atoms with Crippen LogP contribution in [-0.2, 0) is 14.0 Å². The van der Waals surface area contributed by atoms with Crippen molar-refractivity contribution >= 4 is 35.6 Å². The SMILES string of the molecule is CC(=O)n1c([C@@H]2[C@H]3CC[C@H](C3)N2C(=O)OC(C)(C)C)nc2ccc(B3OCC(C)(C)O3)cc21. The molecular formula is C24H32BN3O5. The largest absolute Gasteiger partial charge is 0.494 e. The molecule has 8 nitrogen and oxygen atoms in total. The second-order valence-corrected chi connectivity index (χ2v) is 11.2. The van der Waals surface area contributed by atoms with Crippen LogP contribution in [-0.4, -0.2) is 57.4 Å². The van der Waals surface area contributed by atoms with E-state index in [4.69, 9.17) is 19.0 Å². The number of piperidine rings is 1. The number of imidazole rings is 1. The molecule has 3 aliphatic rings. The number of fused-ring (bicyclic) bond motifs is 3. The highest BCUT2D eigenvalue weighted by Crippen LogP contribution is 2.50. The minimum absolute atomic E-state index is 0.119. The van der Waals surface area contributed by atoms with Gasteiger partial charge in [0.15, 0.2) is 0 Å². The van der Waals surface area contributed by atoms with Crippen molar-refractivity contribution in [2.75, 3.05) is 6.61 Å². The van der Waals surface area contributed by atoms with Crippen LogP contribution in [0.5, 0.6) is 0 Å². The maximum atomic E-state index is 13.2. The highest BCUT2D eigenvalue weighted by atomic mass is 16.7. The number of carbonyl (C=O) groups excluding carboxylic acids is 2. The monoisotopic (exact) mass is 453 g/mol. The van der Waals surface area contributed by atoms with Crippen molar-refractivity contribution in [1.82, 2.24) is 14.5 Å². The Kier molecular flexibility index (Phi) is 5.14. The molecule has 176 valence electrons. The van der Waals surface area contributed by atoms with Crippen LogP contribution in [0, 0.1) is 5.92 Å². The normalized spacial score (nSPS) is 26.4. The van der Waals surface area contributed by atoms with E-state index in [9.17, 15) is 9.59 Å². The fourth-order valence-electron chi connectivity index (χ4n) is 5.48. The van der Waals surface area contributed by atoms with E-state index in [1.807, 2.05) is 57.7 Å². The minimum Gasteiger partial charge on any atom is -0.444 e. The Balaban J connectivity index is 1.56. The lowest BCUT2D eigenvalue weighted by Crippen LogP contribution is -2.44. The summed E-state index contributed by atoms with van der Waals surface area (Å²) in [5.74, 6) is 0.741. The number of hydrogen-bond donors (Lipinski definition) is 0. The van der Waals surface area contributed by atoms with E-state index < -0.39 is 12.7 Å². The van der Waals surface area contributed by atoms with E-state index in [0.717, 1.165) is 24.7 Å². The molecule has 0 unspecified atom stereocenters. The van der Waals surface area contributed by atoms with Crippen molar-refractivity contribution in [3.8, 4) is 0 Å². The molecule has 3 fully saturated rings. The first kappa shape index (κ1) is 22.4. The number of nitrogens with zero attached hydrogens (tertiary/aromatic N) is 3. The Bertz CT molecular complexity index is 1120. The van der Waals surface area contributed by atoms with Gasteiger partial charge in [0, 0.05) is 13.0 Å². The lowest BCUT2D eigenvalue weighted by atomic mass is 9.79. The molecule has 5 rings (SSSR count).